The normalized spacial score (nSPS) is 15.9. The molecule has 5 rings (SSSR count). The molecule has 1 amide bonds. The summed E-state index contributed by atoms with van der Waals surface area (Å²) in [6.07, 6.45) is 5.78. The van der Waals surface area contributed by atoms with Crippen molar-refractivity contribution >= 4 is 5.91 Å². The number of amides is 1. The predicted molar refractivity (Wildman–Crippen MR) is 135 cm³/mol. The van der Waals surface area contributed by atoms with Crippen molar-refractivity contribution in [2.24, 2.45) is 0 Å². The summed E-state index contributed by atoms with van der Waals surface area (Å²) >= 11 is 0. The zero-order valence-electron chi connectivity index (χ0n) is 19.8. The number of likely N-dealkylation sites (tertiary alicyclic amines) is 1. The molecule has 1 atom stereocenters. The molecule has 0 N–H and O–H groups in total. The van der Waals surface area contributed by atoms with E-state index >= 15 is 0 Å². The molecular weight excluding hydrogens is 420 g/mol. The molecule has 1 fully saturated rings. The van der Waals surface area contributed by atoms with Crippen LogP contribution in [-0.4, -0.2) is 38.4 Å². The van der Waals surface area contributed by atoms with Gasteiger partial charge in [-0.15, -0.1) is 0 Å². The van der Waals surface area contributed by atoms with Gasteiger partial charge in [0, 0.05) is 54.8 Å². The molecule has 5 nitrogen and oxygen atoms in total. The Hall–Kier alpha value is -3.73. The molecule has 5 heteroatoms. The van der Waals surface area contributed by atoms with E-state index in [1.807, 2.05) is 42.3 Å². The quantitative estimate of drug-likeness (QED) is 0.396. The number of carbonyl (C=O) groups is 1. The number of aromatic nitrogens is 3. The summed E-state index contributed by atoms with van der Waals surface area (Å²) in [5.74, 6) is 1.29. The van der Waals surface area contributed by atoms with Crippen molar-refractivity contribution in [3.05, 3.63) is 107 Å². The number of aryl methyl sites for hydroxylation is 2. The molecule has 0 saturated carbocycles. The number of piperidine rings is 1. The second kappa shape index (κ2) is 9.64. The molecule has 1 saturated heterocycles. The highest BCUT2D eigenvalue weighted by molar-refractivity contribution is 5.95. The monoisotopic (exact) mass is 450 g/mol. The second-order valence-electron chi connectivity index (χ2n) is 9.17. The van der Waals surface area contributed by atoms with Crippen LogP contribution in [-0.2, 0) is 6.54 Å². The van der Waals surface area contributed by atoms with Crippen LogP contribution in [0, 0.1) is 13.8 Å². The molecule has 2 aromatic carbocycles. The third-order valence-electron chi connectivity index (χ3n) is 6.72. The topological polar surface area (TPSA) is 51.0 Å². The molecule has 3 heterocycles. The Bertz CT molecular complexity index is 1310. The average molecular weight is 451 g/mol. The highest BCUT2D eigenvalue weighted by Gasteiger charge is 2.27. The minimum atomic E-state index is 0.105. The molecule has 0 radical (unpaired) electrons. The fraction of sp³-hybridized carbons (Fsp3) is 0.276. The third-order valence-corrected chi connectivity index (χ3v) is 6.72. The molecule has 1 aliphatic rings. The number of rotatable bonds is 5. The van der Waals surface area contributed by atoms with Gasteiger partial charge in [-0.25, -0.2) is 4.98 Å². The average Bonchev–Trinajstić information content (AvgIpc) is 3.28. The van der Waals surface area contributed by atoms with Crippen molar-refractivity contribution in [2.75, 3.05) is 13.1 Å². The van der Waals surface area contributed by atoms with E-state index in [2.05, 4.69) is 58.9 Å². The standard InChI is InChI=1S/C29H30N4O/c1-21-8-5-10-23(18-21)27-13-6-14-28(31-27)25-11-7-16-33(20-25)29(34)26-12-4-3-9-24(26)19-32-17-15-30-22(32)2/h3-6,8-10,12-15,17-18,25H,7,11,16,19-20H2,1-2H3/t25-/m1/s1. The third kappa shape index (κ3) is 4.65. The predicted octanol–water partition coefficient (Wildman–Crippen LogP) is 5.63. The van der Waals surface area contributed by atoms with Gasteiger partial charge in [-0.3, -0.25) is 9.78 Å². The van der Waals surface area contributed by atoms with Crippen LogP contribution in [0.1, 0.15) is 51.8 Å². The first-order chi connectivity index (χ1) is 16.6. The molecule has 0 bridgehead atoms. The lowest BCUT2D eigenvalue weighted by Gasteiger charge is -2.33. The maximum atomic E-state index is 13.6. The maximum Gasteiger partial charge on any atom is 0.254 e. The molecule has 1 aliphatic heterocycles. The lowest BCUT2D eigenvalue weighted by atomic mass is 9.93. The Balaban J connectivity index is 1.36. The number of pyridine rings is 1. The maximum absolute atomic E-state index is 13.6. The second-order valence-corrected chi connectivity index (χ2v) is 9.17. The zero-order chi connectivity index (χ0) is 23.5. The lowest BCUT2D eigenvalue weighted by Crippen LogP contribution is -2.39. The Kier molecular flexibility index (Phi) is 6.26. The first-order valence-corrected chi connectivity index (χ1v) is 12.0. The van der Waals surface area contributed by atoms with Crippen LogP contribution >= 0.6 is 0 Å². The van der Waals surface area contributed by atoms with E-state index in [1.165, 1.54) is 5.56 Å². The van der Waals surface area contributed by atoms with Gasteiger partial charge in [0.15, 0.2) is 0 Å². The van der Waals surface area contributed by atoms with Gasteiger partial charge in [0.1, 0.15) is 5.82 Å². The Morgan fingerprint density at radius 2 is 1.88 bits per heavy atom. The van der Waals surface area contributed by atoms with E-state index in [0.29, 0.717) is 13.1 Å². The van der Waals surface area contributed by atoms with Crippen LogP contribution < -0.4 is 0 Å². The molecule has 34 heavy (non-hydrogen) atoms. The number of carbonyl (C=O) groups excluding carboxylic acids is 1. The van der Waals surface area contributed by atoms with E-state index in [0.717, 1.165) is 53.3 Å². The van der Waals surface area contributed by atoms with Gasteiger partial charge < -0.3 is 9.47 Å². The molecule has 2 aromatic heterocycles. The zero-order valence-corrected chi connectivity index (χ0v) is 19.8. The lowest BCUT2D eigenvalue weighted by molar-refractivity contribution is 0.0704. The number of hydrogen-bond acceptors (Lipinski definition) is 3. The summed E-state index contributed by atoms with van der Waals surface area (Å²) in [4.78, 5) is 24.9. The van der Waals surface area contributed by atoms with Gasteiger partial charge in [0.25, 0.3) is 5.91 Å². The van der Waals surface area contributed by atoms with Gasteiger partial charge >= 0.3 is 0 Å². The molecule has 0 spiro atoms. The minimum absolute atomic E-state index is 0.105. The summed E-state index contributed by atoms with van der Waals surface area (Å²) in [5, 5.41) is 0. The highest BCUT2D eigenvalue weighted by atomic mass is 16.2. The van der Waals surface area contributed by atoms with Gasteiger partial charge in [-0.05, 0) is 56.5 Å². The molecular formula is C29H30N4O. The Labute approximate surface area is 201 Å². The van der Waals surface area contributed by atoms with E-state index in [1.54, 1.807) is 6.20 Å². The Morgan fingerprint density at radius 1 is 1.03 bits per heavy atom. The van der Waals surface area contributed by atoms with Crippen molar-refractivity contribution in [1.29, 1.82) is 0 Å². The summed E-state index contributed by atoms with van der Waals surface area (Å²) in [7, 11) is 0. The molecule has 0 aliphatic carbocycles. The van der Waals surface area contributed by atoms with Gasteiger partial charge in [0.05, 0.1) is 5.69 Å². The van der Waals surface area contributed by atoms with Crippen molar-refractivity contribution in [3.63, 3.8) is 0 Å². The first kappa shape index (κ1) is 22.1. The number of nitrogens with zero attached hydrogens (tertiary/aromatic N) is 4. The largest absolute Gasteiger partial charge is 0.338 e. The fourth-order valence-corrected chi connectivity index (χ4v) is 4.84. The minimum Gasteiger partial charge on any atom is -0.338 e. The number of benzene rings is 2. The van der Waals surface area contributed by atoms with Crippen molar-refractivity contribution < 1.29 is 4.79 Å². The van der Waals surface area contributed by atoms with Gasteiger partial charge in [0.2, 0.25) is 0 Å². The van der Waals surface area contributed by atoms with E-state index in [9.17, 15) is 4.79 Å². The Morgan fingerprint density at radius 3 is 2.71 bits per heavy atom. The smallest absolute Gasteiger partial charge is 0.254 e. The summed E-state index contributed by atoms with van der Waals surface area (Å²) in [6.45, 7) is 6.21. The van der Waals surface area contributed by atoms with Crippen molar-refractivity contribution in [1.82, 2.24) is 19.4 Å². The summed E-state index contributed by atoms with van der Waals surface area (Å²) in [6, 6.07) is 22.6. The van der Waals surface area contributed by atoms with E-state index in [4.69, 9.17) is 4.98 Å². The molecule has 0 unspecified atom stereocenters. The summed E-state index contributed by atoms with van der Waals surface area (Å²) in [5.41, 5.74) is 6.22. The first-order valence-electron chi connectivity index (χ1n) is 12.0. The van der Waals surface area contributed by atoms with E-state index < -0.39 is 0 Å². The number of hydrogen-bond donors (Lipinski definition) is 0. The van der Waals surface area contributed by atoms with Crippen LogP contribution in [0.2, 0.25) is 0 Å². The highest BCUT2D eigenvalue weighted by Crippen LogP contribution is 2.29. The van der Waals surface area contributed by atoms with Crippen LogP contribution in [0.25, 0.3) is 11.3 Å². The number of imidazole rings is 1. The van der Waals surface area contributed by atoms with Crippen LogP contribution in [0.5, 0.6) is 0 Å². The SMILES string of the molecule is Cc1cccc(-c2cccc([C@@H]3CCCN(C(=O)c4ccccc4Cn4ccnc4C)C3)n2)c1. The molecule has 4 aromatic rings. The van der Waals surface area contributed by atoms with Gasteiger partial charge in [-0.1, -0.05) is 48.0 Å². The van der Waals surface area contributed by atoms with Crippen LogP contribution in [0.4, 0.5) is 0 Å². The van der Waals surface area contributed by atoms with Crippen molar-refractivity contribution in [2.45, 2.75) is 39.2 Å². The fourth-order valence-electron chi connectivity index (χ4n) is 4.84. The van der Waals surface area contributed by atoms with Crippen molar-refractivity contribution in [3.8, 4) is 11.3 Å². The summed E-state index contributed by atoms with van der Waals surface area (Å²) < 4.78 is 2.08. The van der Waals surface area contributed by atoms with Gasteiger partial charge in [-0.2, -0.15) is 0 Å². The molecule has 172 valence electrons. The van der Waals surface area contributed by atoms with Crippen LogP contribution in [0.3, 0.4) is 0 Å². The van der Waals surface area contributed by atoms with E-state index in [-0.39, 0.29) is 11.8 Å². The van der Waals surface area contributed by atoms with Crippen LogP contribution in [0.15, 0.2) is 79.1 Å².